The summed E-state index contributed by atoms with van der Waals surface area (Å²) in [5.41, 5.74) is 2.05. The minimum Gasteiger partial charge on any atom is -0.468 e. The maximum absolute atomic E-state index is 11.0. The molecule has 0 aromatic carbocycles. The highest BCUT2D eigenvalue weighted by molar-refractivity contribution is 8.01. The first-order valence-corrected chi connectivity index (χ1v) is 4.89. The van der Waals surface area contributed by atoms with Crippen molar-refractivity contribution in [2.24, 2.45) is 5.84 Å². The van der Waals surface area contributed by atoms with E-state index in [9.17, 15) is 9.59 Å². The van der Waals surface area contributed by atoms with Crippen LogP contribution in [-0.4, -0.2) is 30.0 Å². The molecular formula is C7H14N2O3S. The van der Waals surface area contributed by atoms with Crippen LogP contribution in [0.2, 0.25) is 0 Å². The molecular weight excluding hydrogens is 192 g/mol. The number of carbonyl (C=O) groups excluding carboxylic acids is 2. The molecule has 1 atom stereocenters. The number of esters is 1. The van der Waals surface area contributed by atoms with Gasteiger partial charge in [0.15, 0.2) is 0 Å². The lowest BCUT2D eigenvalue weighted by Crippen LogP contribution is -2.37. The summed E-state index contributed by atoms with van der Waals surface area (Å²) in [7, 11) is 1.31. The molecule has 13 heavy (non-hydrogen) atoms. The van der Waals surface area contributed by atoms with E-state index in [4.69, 9.17) is 5.84 Å². The average molecular weight is 206 g/mol. The van der Waals surface area contributed by atoms with Crippen LogP contribution < -0.4 is 11.3 Å². The number of ether oxygens (including phenoxy) is 1. The molecule has 76 valence electrons. The van der Waals surface area contributed by atoms with E-state index in [-0.39, 0.29) is 22.9 Å². The van der Waals surface area contributed by atoms with E-state index in [2.05, 4.69) is 4.74 Å². The van der Waals surface area contributed by atoms with Crippen LogP contribution in [0, 0.1) is 0 Å². The van der Waals surface area contributed by atoms with Gasteiger partial charge in [0.05, 0.1) is 18.1 Å². The summed E-state index contributed by atoms with van der Waals surface area (Å²) in [6.07, 6.45) is 0.630. The first-order valence-electron chi connectivity index (χ1n) is 3.84. The Morgan fingerprint density at radius 3 is 2.62 bits per heavy atom. The Balaban J connectivity index is 3.85. The number of nitrogens with two attached hydrogens (primary N) is 1. The second kappa shape index (κ2) is 6.73. The highest BCUT2D eigenvalue weighted by Crippen LogP contribution is 2.14. The van der Waals surface area contributed by atoms with Crippen LogP contribution in [0.5, 0.6) is 0 Å². The number of thioether (sulfide) groups is 1. The van der Waals surface area contributed by atoms with Gasteiger partial charge in [-0.2, -0.15) is 0 Å². The molecule has 6 heteroatoms. The SMILES string of the molecule is CCC(SCC(=O)OC)C(=O)NN. The molecule has 0 aromatic heterocycles. The van der Waals surface area contributed by atoms with E-state index in [1.807, 2.05) is 12.3 Å². The fraction of sp³-hybridized carbons (Fsp3) is 0.714. The molecule has 0 saturated heterocycles. The highest BCUT2D eigenvalue weighted by Gasteiger charge is 2.17. The fourth-order valence-corrected chi connectivity index (χ4v) is 1.61. The van der Waals surface area contributed by atoms with Gasteiger partial charge in [0.1, 0.15) is 0 Å². The monoisotopic (exact) mass is 206 g/mol. The van der Waals surface area contributed by atoms with Crippen LogP contribution in [0.25, 0.3) is 0 Å². The van der Waals surface area contributed by atoms with Crippen LogP contribution in [0.1, 0.15) is 13.3 Å². The number of methoxy groups -OCH3 is 1. The summed E-state index contributed by atoms with van der Waals surface area (Å²) in [4.78, 5) is 21.8. The number of hydrazine groups is 1. The molecule has 5 nitrogen and oxygen atoms in total. The van der Waals surface area contributed by atoms with Gasteiger partial charge in [0.2, 0.25) is 5.91 Å². The molecule has 0 bridgehead atoms. The quantitative estimate of drug-likeness (QED) is 0.278. The molecule has 3 N–H and O–H groups in total. The second-order valence-electron chi connectivity index (χ2n) is 2.29. The van der Waals surface area contributed by atoms with E-state index in [1.54, 1.807) is 0 Å². The van der Waals surface area contributed by atoms with E-state index in [1.165, 1.54) is 18.9 Å². The number of hydrogen-bond donors (Lipinski definition) is 2. The molecule has 0 fully saturated rings. The zero-order valence-electron chi connectivity index (χ0n) is 7.70. The van der Waals surface area contributed by atoms with Gasteiger partial charge in [-0.25, -0.2) is 5.84 Å². The summed E-state index contributed by atoms with van der Waals surface area (Å²) in [5.74, 6) is 4.52. The van der Waals surface area contributed by atoms with Gasteiger partial charge in [-0.15, -0.1) is 11.8 Å². The zero-order chi connectivity index (χ0) is 10.3. The van der Waals surface area contributed by atoms with Crippen LogP contribution in [-0.2, 0) is 14.3 Å². The van der Waals surface area contributed by atoms with Crippen LogP contribution >= 0.6 is 11.8 Å². The molecule has 0 rings (SSSR count). The summed E-state index contributed by atoms with van der Waals surface area (Å²) in [6.45, 7) is 1.85. The number of carbonyl (C=O) groups is 2. The molecule has 0 aromatic rings. The van der Waals surface area contributed by atoms with Crippen LogP contribution in [0.3, 0.4) is 0 Å². The van der Waals surface area contributed by atoms with Crippen molar-refractivity contribution in [2.75, 3.05) is 12.9 Å². The lowest BCUT2D eigenvalue weighted by molar-refractivity contribution is -0.137. The van der Waals surface area contributed by atoms with E-state index < -0.39 is 0 Å². The van der Waals surface area contributed by atoms with Crippen LogP contribution in [0.4, 0.5) is 0 Å². The maximum atomic E-state index is 11.0. The summed E-state index contributed by atoms with van der Waals surface area (Å²) in [6, 6.07) is 0. The van der Waals surface area contributed by atoms with Crippen molar-refractivity contribution >= 4 is 23.6 Å². The molecule has 0 radical (unpaired) electrons. The summed E-state index contributed by atoms with van der Waals surface area (Å²) >= 11 is 1.22. The largest absolute Gasteiger partial charge is 0.468 e. The first-order chi connectivity index (χ1) is 6.15. The Kier molecular flexibility index (Phi) is 6.34. The van der Waals surface area contributed by atoms with E-state index in [0.29, 0.717) is 6.42 Å². The van der Waals surface area contributed by atoms with Gasteiger partial charge >= 0.3 is 5.97 Å². The average Bonchev–Trinajstić information content (AvgIpc) is 2.17. The Labute approximate surface area is 81.3 Å². The van der Waals surface area contributed by atoms with Crippen molar-refractivity contribution in [2.45, 2.75) is 18.6 Å². The van der Waals surface area contributed by atoms with Gasteiger partial charge in [0.25, 0.3) is 0 Å². The first kappa shape index (κ1) is 12.2. The molecule has 0 saturated carbocycles. The van der Waals surface area contributed by atoms with Crippen molar-refractivity contribution in [1.82, 2.24) is 5.43 Å². The predicted molar refractivity (Wildman–Crippen MR) is 50.9 cm³/mol. The van der Waals surface area contributed by atoms with Crippen molar-refractivity contribution in [3.63, 3.8) is 0 Å². The van der Waals surface area contributed by atoms with Crippen molar-refractivity contribution in [1.29, 1.82) is 0 Å². The van der Waals surface area contributed by atoms with E-state index >= 15 is 0 Å². The third kappa shape index (κ3) is 4.74. The third-order valence-electron chi connectivity index (χ3n) is 1.44. The second-order valence-corrected chi connectivity index (χ2v) is 3.48. The zero-order valence-corrected chi connectivity index (χ0v) is 8.52. The Bertz CT molecular complexity index is 187. The molecule has 0 heterocycles. The molecule has 0 spiro atoms. The van der Waals surface area contributed by atoms with Gasteiger partial charge < -0.3 is 4.74 Å². The van der Waals surface area contributed by atoms with Gasteiger partial charge in [0, 0.05) is 0 Å². The molecule has 0 aliphatic heterocycles. The van der Waals surface area contributed by atoms with Gasteiger partial charge in [-0.3, -0.25) is 15.0 Å². The third-order valence-corrected chi connectivity index (χ3v) is 2.79. The number of amides is 1. The Morgan fingerprint density at radius 1 is 1.62 bits per heavy atom. The van der Waals surface area contributed by atoms with Crippen molar-refractivity contribution < 1.29 is 14.3 Å². The molecule has 1 amide bonds. The van der Waals surface area contributed by atoms with Gasteiger partial charge in [-0.05, 0) is 6.42 Å². The minimum atomic E-state index is -0.340. The van der Waals surface area contributed by atoms with E-state index in [0.717, 1.165) is 0 Å². The topological polar surface area (TPSA) is 81.4 Å². The smallest absolute Gasteiger partial charge is 0.315 e. The maximum Gasteiger partial charge on any atom is 0.315 e. The lowest BCUT2D eigenvalue weighted by atomic mass is 10.3. The number of rotatable bonds is 5. The Morgan fingerprint density at radius 2 is 2.23 bits per heavy atom. The predicted octanol–water partition coefficient (Wildman–Crippen LogP) is -0.339. The molecule has 0 aliphatic carbocycles. The summed E-state index contributed by atoms with van der Waals surface area (Å²) in [5, 5.41) is -0.288. The number of nitrogens with one attached hydrogen (secondary N) is 1. The summed E-state index contributed by atoms with van der Waals surface area (Å²) < 4.78 is 4.44. The molecule has 1 unspecified atom stereocenters. The fourth-order valence-electron chi connectivity index (χ4n) is 0.699. The van der Waals surface area contributed by atoms with Crippen LogP contribution in [0.15, 0.2) is 0 Å². The standard InChI is InChI=1S/C7H14N2O3S/c1-3-5(7(11)9-8)13-4-6(10)12-2/h5H,3-4,8H2,1-2H3,(H,9,11). The minimum absolute atomic E-state index is 0.169. The highest BCUT2D eigenvalue weighted by atomic mass is 32.2. The normalized spacial score (nSPS) is 11.9. The number of hydrogen-bond acceptors (Lipinski definition) is 5. The molecule has 0 aliphatic rings. The van der Waals surface area contributed by atoms with Crippen molar-refractivity contribution in [3.05, 3.63) is 0 Å². The Hall–Kier alpha value is -0.750. The van der Waals surface area contributed by atoms with Crippen molar-refractivity contribution in [3.8, 4) is 0 Å². The lowest BCUT2D eigenvalue weighted by Gasteiger charge is -2.10. The van der Waals surface area contributed by atoms with Gasteiger partial charge in [-0.1, -0.05) is 6.92 Å².